The Kier molecular flexibility index (Phi) is 3.79. The molecule has 0 bridgehead atoms. The predicted octanol–water partition coefficient (Wildman–Crippen LogP) is 3.85. The van der Waals surface area contributed by atoms with Gasteiger partial charge in [-0.25, -0.2) is 14.6 Å². The summed E-state index contributed by atoms with van der Waals surface area (Å²) >= 11 is 0. The molecule has 6 heteroatoms. The van der Waals surface area contributed by atoms with E-state index in [2.05, 4.69) is 4.98 Å². The van der Waals surface area contributed by atoms with Crippen molar-refractivity contribution in [2.75, 3.05) is 7.11 Å². The highest BCUT2D eigenvalue weighted by Crippen LogP contribution is 2.30. The van der Waals surface area contributed by atoms with Crippen molar-refractivity contribution >= 4 is 22.1 Å². The normalized spacial score (nSPS) is 13.6. The number of nitrogens with zero attached hydrogens (tertiary/aromatic N) is 1. The number of methoxy groups -OCH3 is 1. The Labute approximate surface area is 159 Å². The van der Waals surface area contributed by atoms with Gasteiger partial charge in [-0.1, -0.05) is 0 Å². The fourth-order valence-corrected chi connectivity index (χ4v) is 3.87. The number of aryl methyl sites for hydroxylation is 1. The Balaban J connectivity index is 1.76. The summed E-state index contributed by atoms with van der Waals surface area (Å²) in [5.74, 6) is 0.696. The van der Waals surface area contributed by atoms with E-state index in [1.165, 1.54) is 0 Å². The minimum atomic E-state index is -0.544. The molecular weight excluding hydrogens is 358 g/mol. The average Bonchev–Trinajstić information content (AvgIpc) is 2.73. The SMILES string of the molecule is COc1ccc(-c2nc3cc4c5c(c(=O)oc4cc3oc2=O)CCCC5)cc1. The van der Waals surface area contributed by atoms with Gasteiger partial charge in [-0.3, -0.25) is 0 Å². The van der Waals surface area contributed by atoms with Crippen molar-refractivity contribution in [3.63, 3.8) is 0 Å². The van der Waals surface area contributed by atoms with Gasteiger partial charge in [0.1, 0.15) is 16.8 Å². The summed E-state index contributed by atoms with van der Waals surface area (Å²) in [6.45, 7) is 0. The summed E-state index contributed by atoms with van der Waals surface area (Å²) in [7, 11) is 1.59. The molecule has 4 aromatic rings. The van der Waals surface area contributed by atoms with Crippen LogP contribution in [0.2, 0.25) is 0 Å². The maximum absolute atomic E-state index is 12.5. The fraction of sp³-hybridized carbons (Fsp3) is 0.227. The van der Waals surface area contributed by atoms with E-state index < -0.39 is 5.63 Å². The zero-order chi connectivity index (χ0) is 19.3. The van der Waals surface area contributed by atoms with Gasteiger partial charge in [0.2, 0.25) is 0 Å². The molecule has 0 aliphatic heterocycles. The van der Waals surface area contributed by atoms with Gasteiger partial charge in [0, 0.05) is 22.6 Å². The molecule has 0 atom stereocenters. The van der Waals surface area contributed by atoms with Crippen LogP contribution in [0.5, 0.6) is 5.75 Å². The molecule has 0 N–H and O–H groups in total. The smallest absolute Gasteiger partial charge is 0.363 e. The average molecular weight is 375 g/mol. The summed E-state index contributed by atoms with van der Waals surface area (Å²) in [6.07, 6.45) is 3.61. The van der Waals surface area contributed by atoms with Crippen molar-refractivity contribution in [3.05, 3.63) is 68.4 Å². The van der Waals surface area contributed by atoms with Crippen LogP contribution in [0.3, 0.4) is 0 Å². The molecule has 0 saturated heterocycles. The second-order valence-electron chi connectivity index (χ2n) is 6.95. The highest BCUT2D eigenvalue weighted by molar-refractivity contribution is 5.93. The van der Waals surface area contributed by atoms with Crippen molar-refractivity contribution in [1.82, 2.24) is 4.98 Å². The topological polar surface area (TPSA) is 82.5 Å². The fourth-order valence-electron chi connectivity index (χ4n) is 3.87. The summed E-state index contributed by atoms with van der Waals surface area (Å²) in [4.78, 5) is 29.3. The molecule has 28 heavy (non-hydrogen) atoms. The van der Waals surface area contributed by atoms with Crippen LogP contribution in [0.25, 0.3) is 33.3 Å². The minimum absolute atomic E-state index is 0.237. The lowest BCUT2D eigenvalue weighted by Gasteiger charge is -2.16. The highest BCUT2D eigenvalue weighted by atomic mass is 16.5. The molecule has 1 aliphatic rings. The second-order valence-corrected chi connectivity index (χ2v) is 6.95. The predicted molar refractivity (Wildman–Crippen MR) is 105 cm³/mol. The first kappa shape index (κ1) is 16.7. The first-order chi connectivity index (χ1) is 13.6. The standard InChI is InChI=1S/C22H17NO5/c1-26-13-8-6-12(7-9-13)20-22(25)28-19-11-18-16(10-17(19)23-20)14-4-2-3-5-15(14)21(24)27-18/h6-11H,2-5H2,1H3. The van der Waals surface area contributed by atoms with E-state index in [1.54, 1.807) is 37.4 Å². The van der Waals surface area contributed by atoms with E-state index in [9.17, 15) is 9.59 Å². The van der Waals surface area contributed by atoms with E-state index in [1.807, 2.05) is 6.07 Å². The van der Waals surface area contributed by atoms with Crippen LogP contribution in [0.1, 0.15) is 24.0 Å². The summed E-state index contributed by atoms with van der Waals surface area (Å²) in [5.41, 5.74) is 3.11. The summed E-state index contributed by atoms with van der Waals surface area (Å²) < 4.78 is 16.1. The number of benzene rings is 2. The number of aromatic nitrogens is 1. The first-order valence-corrected chi connectivity index (χ1v) is 9.22. The maximum Gasteiger partial charge on any atom is 0.363 e. The third kappa shape index (κ3) is 2.60. The Hall–Kier alpha value is -3.41. The number of hydrogen-bond donors (Lipinski definition) is 0. The molecule has 0 unspecified atom stereocenters. The van der Waals surface area contributed by atoms with Crippen LogP contribution in [0.4, 0.5) is 0 Å². The molecule has 1 aliphatic carbocycles. The molecule has 2 aromatic carbocycles. The van der Waals surface area contributed by atoms with Crippen LogP contribution in [-0.4, -0.2) is 12.1 Å². The lowest BCUT2D eigenvalue weighted by Crippen LogP contribution is -2.16. The van der Waals surface area contributed by atoms with Crippen molar-refractivity contribution in [1.29, 1.82) is 0 Å². The molecule has 5 rings (SSSR count). The van der Waals surface area contributed by atoms with Crippen molar-refractivity contribution < 1.29 is 13.6 Å². The zero-order valence-electron chi connectivity index (χ0n) is 15.3. The lowest BCUT2D eigenvalue weighted by molar-refractivity contribution is 0.415. The largest absolute Gasteiger partial charge is 0.497 e. The Morgan fingerprint density at radius 3 is 2.36 bits per heavy atom. The van der Waals surface area contributed by atoms with Gasteiger partial charge in [0.15, 0.2) is 11.3 Å². The van der Waals surface area contributed by atoms with Crippen molar-refractivity contribution in [2.45, 2.75) is 25.7 Å². The van der Waals surface area contributed by atoms with Gasteiger partial charge < -0.3 is 13.6 Å². The molecule has 6 nitrogen and oxygen atoms in total. The van der Waals surface area contributed by atoms with Crippen molar-refractivity contribution in [3.8, 4) is 17.0 Å². The number of fused-ring (bicyclic) bond motifs is 4. The van der Waals surface area contributed by atoms with Crippen molar-refractivity contribution in [2.24, 2.45) is 0 Å². The number of rotatable bonds is 2. The molecule has 2 heterocycles. The molecule has 0 spiro atoms. The third-order valence-electron chi connectivity index (χ3n) is 5.29. The molecule has 0 amide bonds. The van der Waals surface area contributed by atoms with E-state index in [0.717, 1.165) is 42.2 Å². The van der Waals surface area contributed by atoms with Crippen LogP contribution in [0, 0.1) is 0 Å². The Bertz CT molecular complexity index is 1330. The van der Waals surface area contributed by atoms with Gasteiger partial charge >= 0.3 is 11.3 Å². The molecule has 0 radical (unpaired) electrons. The van der Waals surface area contributed by atoms with Gasteiger partial charge in [-0.2, -0.15) is 0 Å². The first-order valence-electron chi connectivity index (χ1n) is 9.22. The van der Waals surface area contributed by atoms with Crippen LogP contribution in [-0.2, 0) is 12.8 Å². The monoisotopic (exact) mass is 375 g/mol. The molecular formula is C22H17NO5. The molecule has 0 saturated carbocycles. The zero-order valence-corrected chi connectivity index (χ0v) is 15.3. The summed E-state index contributed by atoms with van der Waals surface area (Å²) in [6, 6.07) is 10.5. The number of hydrogen-bond acceptors (Lipinski definition) is 6. The quantitative estimate of drug-likeness (QED) is 0.391. The van der Waals surface area contributed by atoms with Gasteiger partial charge in [0.05, 0.1) is 7.11 Å². The Morgan fingerprint density at radius 1 is 0.893 bits per heavy atom. The van der Waals surface area contributed by atoms with Gasteiger partial charge in [0.25, 0.3) is 0 Å². The van der Waals surface area contributed by atoms with Gasteiger partial charge in [-0.15, -0.1) is 0 Å². The minimum Gasteiger partial charge on any atom is -0.497 e. The molecule has 140 valence electrons. The second kappa shape index (κ2) is 6.34. The summed E-state index contributed by atoms with van der Waals surface area (Å²) in [5, 5.41) is 0.865. The van der Waals surface area contributed by atoms with Gasteiger partial charge in [-0.05, 0) is 61.6 Å². The number of ether oxygens (including phenoxy) is 1. The van der Waals surface area contributed by atoms with Crippen LogP contribution in [0.15, 0.2) is 54.8 Å². The maximum atomic E-state index is 12.5. The van der Waals surface area contributed by atoms with E-state index in [0.29, 0.717) is 28.0 Å². The van der Waals surface area contributed by atoms with E-state index in [-0.39, 0.29) is 11.3 Å². The van der Waals surface area contributed by atoms with E-state index in [4.69, 9.17) is 13.6 Å². The highest BCUT2D eigenvalue weighted by Gasteiger charge is 2.19. The Morgan fingerprint density at radius 2 is 1.61 bits per heavy atom. The van der Waals surface area contributed by atoms with Crippen LogP contribution >= 0.6 is 0 Å². The van der Waals surface area contributed by atoms with E-state index >= 15 is 0 Å². The molecule has 0 fully saturated rings. The molecule has 2 aromatic heterocycles. The van der Waals surface area contributed by atoms with Crippen LogP contribution < -0.4 is 16.0 Å². The lowest BCUT2D eigenvalue weighted by atomic mass is 9.90. The third-order valence-corrected chi connectivity index (χ3v) is 5.29.